The Balaban J connectivity index is 1.64. The highest BCUT2D eigenvalue weighted by molar-refractivity contribution is 7.80. The van der Waals surface area contributed by atoms with Crippen LogP contribution in [0.15, 0.2) is 30.5 Å². The summed E-state index contributed by atoms with van der Waals surface area (Å²) in [4.78, 5) is 2.23. The van der Waals surface area contributed by atoms with E-state index in [-0.39, 0.29) is 0 Å². The van der Waals surface area contributed by atoms with Crippen molar-refractivity contribution in [2.75, 3.05) is 32.8 Å². The van der Waals surface area contributed by atoms with E-state index in [9.17, 15) is 0 Å². The normalized spacial score (nSPS) is 23.4. The summed E-state index contributed by atoms with van der Waals surface area (Å²) in [6.07, 6.45) is 1.98. The van der Waals surface area contributed by atoms with Crippen LogP contribution < -0.4 is 15.4 Å². The molecule has 0 bridgehead atoms. The minimum atomic E-state index is 0.604. The largest absolute Gasteiger partial charge is 0.488 e. The van der Waals surface area contributed by atoms with Gasteiger partial charge in [0.2, 0.25) is 0 Å². The lowest BCUT2D eigenvalue weighted by Crippen LogP contribution is -2.40. The molecule has 5 heteroatoms. The molecule has 2 aliphatic heterocycles. The molecular weight excluding hydrogens is 282 g/mol. The topological polar surface area (TPSA) is 36.5 Å². The third-order valence-electron chi connectivity index (χ3n) is 3.86. The van der Waals surface area contributed by atoms with Crippen molar-refractivity contribution in [1.82, 2.24) is 15.5 Å². The number of para-hydroxylation sites is 1. The van der Waals surface area contributed by atoms with Gasteiger partial charge in [0.25, 0.3) is 0 Å². The van der Waals surface area contributed by atoms with Gasteiger partial charge in [-0.05, 0) is 30.7 Å². The molecule has 0 radical (unpaired) electrons. The van der Waals surface area contributed by atoms with Crippen molar-refractivity contribution in [1.29, 1.82) is 0 Å². The van der Waals surface area contributed by atoms with Crippen molar-refractivity contribution in [2.45, 2.75) is 6.92 Å². The fourth-order valence-electron chi connectivity index (χ4n) is 2.73. The van der Waals surface area contributed by atoms with Crippen LogP contribution in [0.25, 0.3) is 5.57 Å². The summed E-state index contributed by atoms with van der Waals surface area (Å²) in [6.45, 7) is 6.83. The maximum Gasteiger partial charge on any atom is 0.173 e. The zero-order valence-electron chi connectivity index (χ0n) is 12.3. The van der Waals surface area contributed by atoms with Crippen LogP contribution in [0.3, 0.4) is 0 Å². The number of thiocarbonyl (C=S) groups is 1. The number of hydrogen-bond acceptors (Lipinski definition) is 3. The average molecular weight is 303 g/mol. The zero-order valence-corrected chi connectivity index (χ0v) is 13.1. The minimum absolute atomic E-state index is 0.604. The Morgan fingerprint density at radius 1 is 1.48 bits per heavy atom. The molecule has 0 saturated carbocycles. The van der Waals surface area contributed by atoms with E-state index in [0.29, 0.717) is 12.5 Å². The average Bonchev–Trinajstić information content (AvgIpc) is 2.78. The number of nitrogens with zero attached hydrogens (tertiary/aromatic N) is 1. The number of hydrogen-bond donors (Lipinski definition) is 2. The first-order valence-electron chi connectivity index (χ1n) is 7.41. The Bertz CT molecular complexity index is 558. The van der Waals surface area contributed by atoms with Crippen LogP contribution in [0.4, 0.5) is 0 Å². The summed E-state index contributed by atoms with van der Waals surface area (Å²) >= 11 is 5.52. The summed E-state index contributed by atoms with van der Waals surface area (Å²) in [5.41, 5.74) is 2.30. The quantitative estimate of drug-likeness (QED) is 0.774. The first-order valence-corrected chi connectivity index (χ1v) is 7.82. The second-order valence-electron chi connectivity index (χ2n) is 5.66. The molecule has 1 aromatic rings. The van der Waals surface area contributed by atoms with Crippen LogP contribution in [-0.4, -0.2) is 42.8 Å². The third-order valence-corrected chi connectivity index (χ3v) is 4.23. The van der Waals surface area contributed by atoms with E-state index in [2.05, 4.69) is 28.5 Å². The molecule has 0 amide bonds. The molecule has 2 N–H and O–H groups in total. The molecule has 21 heavy (non-hydrogen) atoms. The highest BCUT2D eigenvalue weighted by Gasteiger charge is 2.18. The molecule has 1 saturated heterocycles. The van der Waals surface area contributed by atoms with Gasteiger partial charge in [0.1, 0.15) is 12.4 Å². The van der Waals surface area contributed by atoms with Gasteiger partial charge in [-0.3, -0.25) is 0 Å². The molecule has 0 aliphatic carbocycles. The predicted octanol–water partition coefficient (Wildman–Crippen LogP) is 1.84. The van der Waals surface area contributed by atoms with Gasteiger partial charge >= 0.3 is 0 Å². The van der Waals surface area contributed by atoms with Gasteiger partial charge in [0, 0.05) is 37.0 Å². The van der Waals surface area contributed by atoms with E-state index in [1.54, 1.807) is 0 Å². The standard InChI is InChI=1S/C16H21N3OS/c1-12-8-17-6-7-19(10-12)16(21)18-9-13-11-20-15-5-3-2-4-14(13)15/h2-5,9,12,17H,6-8,10-11H2,1H3,(H,18,21)/b13-9-. The van der Waals surface area contributed by atoms with Gasteiger partial charge in [0.05, 0.1) is 0 Å². The van der Waals surface area contributed by atoms with E-state index < -0.39 is 0 Å². The van der Waals surface area contributed by atoms with Crippen LogP contribution >= 0.6 is 12.2 Å². The van der Waals surface area contributed by atoms with Gasteiger partial charge in [-0.15, -0.1) is 0 Å². The second-order valence-corrected chi connectivity index (χ2v) is 6.05. The van der Waals surface area contributed by atoms with Gasteiger partial charge in [-0.1, -0.05) is 25.1 Å². The summed E-state index contributed by atoms with van der Waals surface area (Å²) < 4.78 is 5.65. The molecule has 2 heterocycles. The highest BCUT2D eigenvalue weighted by atomic mass is 32.1. The lowest BCUT2D eigenvalue weighted by atomic mass is 10.1. The maximum absolute atomic E-state index is 5.65. The molecular formula is C16H21N3OS. The van der Waals surface area contributed by atoms with Gasteiger partial charge in [-0.2, -0.15) is 0 Å². The van der Waals surface area contributed by atoms with Crippen molar-refractivity contribution in [3.05, 3.63) is 36.0 Å². The fraction of sp³-hybridized carbons (Fsp3) is 0.438. The van der Waals surface area contributed by atoms with E-state index in [4.69, 9.17) is 17.0 Å². The minimum Gasteiger partial charge on any atom is -0.488 e. The Labute approximate surface area is 131 Å². The monoisotopic (exact) mass is 303 g/mol. The molecule has 1 aromatic carbocycles. The molecule has 112 valence electrons. The molecule has 0 aromatic heterocycles. The number of nitrogens with one attached hydrogen (secondary N) is 2. The van der Waals surface area contributed by atoms with Gasteiger partial charge < -0.3 is 20.3 Å². The number of benzene rings is 1. The summed E-state index contributed by atoms with van der Waals surface area (Å²) in [5, 5.41) is 7.49. The zero-order chi connectivity index (χ0) is 14.7. The molecule has 3 rings (SSSR count). The Hall–Kier alpha value is -1.59. The first kappa shape index (κ1) is 14.4. The molecule has 4 nitrogen and oxygen atoms in total. The predicted molar refractivity (Wildman–Crippen MR) is 89.3 cm³/mol. The molecule has 2 aliphatic rings. The molecule has 1 fully saturated rings. The van der Waals surface area contributed by atoms with Crippen LogP contribution in [0.1, 0.15) is 12.5 Å². The smallest absolute Gasteiger partial charge is 0.173 e. The van der Waals surface area contributed by atoms with Crippen molar-refractivity contribution in [3.63, 3.8) is 0 Å². The summed E-state index contributed by atoms with van der Waals surface area (Å²) in [6, 6.07) is 8.10. The Morgan fingerprint density at radius 3 is 3.24 bits per heavy atom. The molecule has 1 atom stereocenters. The summed E-state index contributed by atoms with van der Waals surface area (Å²) in [7, 11) is 0. The lowest BCUT2D eigenvalue weighted by molar-refractivity contribution is 0.387. The van der Waals surface area contributed by atoms with Crippen molar-refractivity contribution < 1.29 is 4.74 Å². The van der Waals surface area contributed by atoms with E-state index >= 15 is 0 Å². The van der Waals surface area contributed by atoms with Crippen molar-refractivity contribution >= 4 is 22.9 Å². The third kappa shape index (κ3) is 3.36. The summed E-state index contributed by atoms with van der Waals surface area (Å²) in [5.74, 6) is 1.56. The number of fused-ring (bicyclic) bond motifs is 1. The van der Waals surface area contributed by atoms with Crippen LogP contribution in [0.2, 0.25) is 0 Å². The maximum atomic E-state index is 5.65. The van der Waals surface area contributed by atoms with Gasteiger partial charge in [-0.25, -0.2) is 0 Å². The molecule has 0 spiro atoms. The van der Waals surface area contributed by atoms with Crippen LogP contribution in [0.5, 0.6) is 5.75 Å². The number of rotatable bonds is 1. The van der Waals surface area contributed by atoms with Crippen molar-refractivity contribution in [2.24, 2.45) is 5.92 Å². The van der Waals surface area contributed by atoms with Gasteiger partial charge in [0.15, 0.2) is 5.11 Å². The Morgan fingerprint density at radius 2 is 2.33 bits per heavy atom. The SMILES string of the molecule is CC1CNCCN(C(=S)N/C=C2/COc3ccccc32)C1. The van der Waals surface area contributed by atoms with Crippen molar-refractivity contribution in [3.8, 4) is 5.75 Å². The number of ether oxygens (including phenoxy) is 1. The van der Waals surface area contributed by atoms with E-state index in [0.717, 1.165) is 48.2 Å². The second kappa shape index (κ2) is 6.45. The van der Waals surface area contributed by atoms with E-state index in [1.807, 2.05) is 24.4 Å². The Kier molecular flexibility index (Phi) is 4.41. The highest BCUT2D eigenvalue weighted by Crippen LogP contribution is 2.31. The first-order chi connectivity index (χ1) is 10.2. The fourth-order valence-corrected chi connectivity index (χ4v) is 2.95. The van der Waals surface area contributed by atoms with Crippen LogP contribution in [0, 0.1) is 5.92 Å². The lowest BCUT2D eigenvalue weighted by Gasteiger charge is -2.24. The van der Waals surface area contributed by atoms with Crippen LogP contribution in [-0.2, 0) is 0 Å². The van der Waals surface area contributed by atoms with E-state index in [1.165, 1.54) is 0 Å². The molecule has 1 unspecified atom stereocenters.